The number of para-hydroxylation sites is 1. The molecule has 2 heterocycles. The van der Waals surface area contributed by atoms with Crippen molar-refractivity contribution >= 4 is 22.6 Å². The van der Waals surface area contributed by atoms with Gasteiger partial charge in [-0.3, -0.25) is 4.79 Å². The molecule has 134 valence electrons. The van der Waals surface area contributed by atoms with Crippen LogP contribution in [0.15, 0.2) is 60.7 Å². The molecule has 0 saturated heterocycles. The third kappa shape index (κ3) is 3.19. The first-order chi connectivity index (χ1) is 13.0. The summed E-state index contributed by atoms with van der Waals surface area (Å²) in [5.41, 5.74) is 5.60. The van der Waals surface area contributed by atoms with Gasteiger partial charge >= 0.3 is 0 Å². The summed E-state index contributed by atoms with van der Waals surface area (Å²) in [7, 11) is 0. The maximum atomic E-state index is 13.0. The summed E-state index contributed by atoms with van der Waals surface area (Å²) in [5.74, 6) is -0.160. The van der Waals surface area contributed by atoms with Crippen molar-refractivity contribution in [1.29, 1.82) is 0 Å². The van der Waals surface area contributed by atoms with Crippen molar-refractivity contribution in [3.05, 3.63) is 83.2 Å². The van der Waals surface area contributed by atoms with E-state index in [4.69, 9.17) is 0 Å². The lowest BCUT2D eigenvalue weighted by atomic mass is 10.1. The van der Waals surface area contributed by atoms with Crippen molar-refractivity contribution in [3.63, 3.8) is 0 Å². The van der Waals surface area contributed by atoms with Crippen molar-refractivity contribution < 1.29 is 4.79 Å². The second-order valence-electron chi connectivity index (χ2n) is 6.67. The van der Waals surface area contributed by atoms with E-state index in [-0.39, 0.29) is 5.91 Å². The molecule has 0 radical (unpaired) electrons. The number of benzene rings is 2. The fourth-order valence-corrected chi connectivity index (χ4v) is 3.26. The van der Waals surface area contributed by atoms with Crippen LogP contribution < -0.4 is 5.32 Å². The molecular weight excluding hydrogens is 336 g/mol. The number of anilines is 1. The monoisotopic (exact) mass is 356 g/mol. The van der Waals surface area contributed by atoms with Crippen LogP contribution in [0.25, 0.3) is 16.7 Å². The summed E-state index contributed by atoms with van der Waals surface area (Å²) in [6, 6.07) is 19.4. The van der Waals surface area contributed by atoms with E-state index >= 15 is 0 Å². The van der Waals surface area contributed by atoms with Crippen molar-refractivity contribution in [2.45, 2.75) is 20.8 Å². The number of pyridine rings is 1. The quantitative estimate of drug-likeness (QED) is 0.584. The molecular formula is C22H20N4O. The van der Waals surface area contributed by atoms with Crippen LogP contribution in [-0.2, 0) is 0 Å². The fourth-order valence-electron chi connectivity index (χ4n) is 3.26. The molecule has 0 atom stereocenters. The van der Waals surface area contributed by atoms with Crippen LogP contribution in [0.3, 0.4) is 0 Å². The summed E-state index contributed by atoms with van der Waals surface area (Å²) >= 11 is 0. The lowest BCUT2D eigenvalue weighted by Gasteiger charge is -2.09. The first-order valence-corrected chi connectivity index (χ1v) is 8.83. The molecule has 4 aromatic rings. The lowest BCUT2D eigenvalue weighted by molar-refractivity contribution is 0.102. The van der Waals surface area contributed by atoms with Gasteiger partial charge in [0.15, 0.2) is 5.65 Å². The van der Waals surface area contributed by atoms with Crippen molar-refractivity contribution in [1.82, 2.24) is 14.8 Å². The SMILES string of the molecule is Cc1cccc(NC(=O)c2cc(C)nc3c2c(C)nn3-c2ccccc2)c1. The van der Waals surface area contributed by atoms with Crippen molar-refractivity contribution in [2.75, 3.05) is 5.32 Å². The summed E-state index contributed by atoms with van der Waals surface area (Å²) in [5, 5.41) is 8.40. The topological polar surface area (TPSA) is 59.8 Å². The first kappa shape index (κ1) is 17.0. The normalized spacial score (nSPS) is 10.9. The molecule has 0 fully saturated rings. The van der Waals surface area contributed by atoms with Gasteiger partial charge in [0.05, 0.1) is 22.3 Å². The molecule has 27 heavy (non-hydrogen) atoms. The van der Waals surface area contributed by atoms with E-state index in [1.807, 2.05) is 81.4 Å². The molecule has 2 aromatic carbocycles. The Kier molecular flexibility index (Phi) is 4.20. The molecule has 0 aliphatic heterocycles. The van der Waals surface area contributed by atoms with Crippen LogP contribution in [0.1, 0.15) is 27.3 Å². The fraction of sp³-hybridized carbons (Fsp3) is 0.136. The molecule has 4 rings (SSSR count). The third-order valence-electron chi connectivity index (χ3n) is 4.46. The Morgan fingerprint density at radius 2 is 1.74 bits per heavy atom. The van der Waals surface area contributed by atoms with Crippen molar-refractivity contribution in [2.24, 2.45) is 0 Å². The number of nitrogens with zero attached hydrogens (tertiary/aromatic N) is 3. The van der Waals surface area contributed by atoms with E-state index in [1.54, 1.807) is 4.68 Å². The number of amides is 1. The third-order valence-corrected chi connectivity index (χ3v) is 4.46. The Labute approximate surface area is 157 Å². The average molecular weight is 356 g/mol. The van der Waals surface area contributed by atoms with Gasteiger partial charge in [-0.2, -0.15) is 5.10 Å². The molecule has 0 bridgehead atoms. The van der Waals surface area contributed by atoms with Crippen LogP contribution >= 0.6 is 0 Å². The van der Waals surface area contributed by atoms with Gasteiger partial charge in [-0.25, -0.2) is 9.67 Å². The second kappa shape index (κ2) is 6.68. The molecule has 0 aliphatic rings. The smallest absolute Gasteiger partial charge is 0.256 e. The Morgan fingerprint density at radius 3 is 2.48 bits per heavy atom. The number of fused-ring (bicyclic) bond motifs is 1. The maximum absolute atomic E-state index is 13.0. The summed E-state index contributed by atoms with van der Waals surface area (Å²) < 4.78 is 1.79. The van der Waals surface area contributed by atoms with E-state index in [9.17, 15) is 4.79 Å². The van der Waals surface area contributed by atoms with Gasteiger partial charge in [-0.15, -0.1) is 0 Å². The van der Waals surface area contributed by atoms with E-state index in [1.165, 1.54) is 0 Å². The van der Waals surface area contributed by atoms with Gasteiger partial charge in [0.25, 0.3) is 5.91 Å². The van der Waals surface area contributed by atoms with Crippen LogP contribution in [0, 0.1) is 20.8 Å². The number of carbonyl (C=O) groups is 1. The zero-order valence-electron chi connectivity index (χ0n) is 15.5. The molecule has 2 aromatic heterocycles. The number of hydrogen-bond acceptors (Lipinski definition) is 3. The highest BCUT2D eigenvalue weighted by Crippen LogP contribution is 2.25. The Hall–Kier alpha value is -3.47. The van der Waals surface area contributed by atoms with Gasteiger partial charge in [0.2, 0.25) is 0 Å². The number of hydrogen-bond donors (Lipinski definition) is 1. The molecule has 0 unspecified atom stereocenters. The zero-order chi connectivity index (χ0) is 19.0. The predicted octanol–water partition coefficient (Wildman–Crippen LogP) is 4.60. The van der Waals surface area contributed by atoms with Crippen LogP contribution in [0.2, 0.25) is 0 Å². The lowest BCUT2D eigenvalue weighted by Crippen LogP contribution is -2.13. The molecule has 5 nitrogen and oxygen atoms in total. The highest BCUT2D eigenvalue weighted by Gasteiger charge is 2.19. The molecule has 0 aliphatic carbocycles. The standard InChI is InChI=1S/C22H20N4O/c1-14-8-7-9-17(12-14)24-22(27)19-13-15(2)23-21-20(19)16(3)25-26(21)18-10-5-4-6-11-18/h4-13H,1-3H3,(H,24,27). The average Bonchev–Trinajstić information content (AvgIpc) is 2.98. The number of rotatable bonds is 3. The van der Waals surface area contributed by atoms with E-state index in [0.29, 0.717) is 11.2 Å². The molecule has 0 spiro atoms. The minimum Gasteiger partial charge on any atom is -0.322 e. The van der Waals surface area contributed by atoms with Gasteiger partial charge in [0, 0.05) is 11.4 Å². The molecule has 5 heteroatoms. The largest absolute Gasteiger partial charge is 0.322 e. The van der Waals surface area contributed by atoms with Crippen molar-refractivity contribution in [3.8, 4) is 5.69 Å². The minimum absolute atomic E-state index is 0.160. The van der Waals surface area contributed by atoms with E-state index < -0.39 is 0 Å². The van der Waals surface area contributed by atoms with Gasteiger partial charge in [-0.1, -0.05) is 30.3 Å². The minimum atomic E-state index is -0.160. The van der Waals surface area contributed by atoms with Gasteiger partial charge < -0.3 is 5.32 Å². The Bertz CT molecular complexity index is 1150. The highest BCUT2D eigenvalue weighted by molar-refractivity contribution is 6.12. The van der Waals surface area contributed by atoms with Gasteiger partial charge in [0.1, 0.15) is 0 Å². The number of carbonyl (C=O) groups excluding carboxylic acids is 1. The van der Waals surface area contributed by atoms with E-state index in [0.717, 1.165) is 33.7 Å². The summed E-state index contributed by atoms with van der Waals surface area (Å²) in [4.78, 5) is 17.7. The molecule has 1 N–H and O–H groups in total. The highest BCUT2D eigenvalue weighted by atomic mass is 16.1. The molecule has 1 amide bonds. The first-order valence-electron chi connectivity index (χ1n) is 8.83. The van der Waals surface area contributed by atoms with Crippen LogP contribution in [0.4, 0.5) is 5.69 Å². The number of aromatic nitrogens is 3. The zero-order valence-corrected chi connectivity index (χ0v) is 15.5. The van der Waals surface area contributed by atoms with Gasteiger partial charge in [-0.05, 0) is 56.7 Å². The van der Waals surface area contributed by atoms with Crippen LogP contribution in [0.5, 0.6) is 0 Å². The molecule has 0 saturated carbocycles. The Balaban J connectivity index is 1.84. The Morgan fingerprint density at radius 1 is 0.963 bits per heavy atom. The second-order valence-corrected chi connectivity index (χ2v) is 6.67. The number of nitrogens with one attached hydrogen (secondary N) is 1. The number of aryl methyl sites for hydroxylation is 3. The predicted molar refractivity (Wildman–Crippen MR) is 107 cm³/mol. The maximum Gasteiger partial charge on any atom is 0.256 e. The van der Waals surface area contributed by atoms with Crippen LogP contribution in [-0.4, -0.2) is 20.7 Å². The van der Waals surface area contributed by atoms with E-state index in [2.05, 4.69) is 15.4 Å². The summed E-state index contributed by atoms with van der Waals surface area (Å²) in [6.07, 6.45) is 0. The summed E-state index contributed by atoms with van der Waals surface area (Å²) in [6.45, 7) is 5.79.